The third kappa shape index (κ3) is 5.16. The number of primary amides is 1. The van der Waals surface area contributed by atoms with E-state index < -0.39 is 11.3 Å². The number of hydrogen-bond donors (Lipinski definition) is 2. The van der Waals surface area contributed by atoms with E-state index in [2.05, 4.69) is 17.4 Å². The van der Waals surface area contributed by atoms with Crippen LogP contribution in [0.1, 0.15) is 70.4 Å². The number of aromatic nitrogens is 1. The molecule has 0 aliphatic heterocycles. The summed E-state index contributed by atoms with van der Waals surface area (Å²) in [4.78, 5) is 24.7. The van der Waals surface area contributed by atoms with Gasteiger partial charge in [0.25, 0.3) is 11.8 Å². The second-order valence-corrected chi connectivity index (χ2v) is 8.83. The summed E-state index contributed by atoms with van der Waals surface area (Å²) in [5.41, 5.74) is 4.55. The molecule has 1 saturated carbocycles. The molecule has 8 heteroatoms. The standard InChI is InChI=1S/C18H29N3O4S/c1-5-7-11(2)20-15(22)13-14(26-12-8-6-9-12)16(21-25-13)24-10-18(3,4)17(19)23/h11-12H,5-10H2,1-4H3,(H2,19,23)(H,20,22)/t11-/m1/s1. The van der Waals surface area contributed by atoms with E-state index in [1.807, 2.05) is 6.92 Å². The number of amides is 2. The molecule has 0 aromatic carbocycles. The van der Waals surface area contributed by atoms with Crippen molar-refractivity contribution in [3.63, 3.8) is 0 Å². The number of nitrogens with one attached hydrogen (secondary N) is 1. The number of thioether (sulfide) groups is 1. The third-order valence-electron chi connectivity index (χ3n) is 4.50. The first-order valence-corrected chi connectivity index (χ1v) is 10.0. The molecule has 1 fully saturated rings. The molecule has 26 heavy (non-hydrogen) atoms. The second-order valence-electron chi connectivity index (χ2n) is 7.52. The molecule has 1 aliphatic carbocycles. The lowest BCUT2D eigenvalue weighted by atomic mass is 9.94. The van der Waals surface area contributed by atoms with Gasteiger partial charge in [-0.1, -0.05) is 19.8 Å². The van der Waals surface area contributed by atoms with Crippen LogP contribution in [0.5, 0.6) is 5.88 Å². The monoisotopic (exact) mass is 383 g/mol. The van der Waals surface area contributed by atoms with Crippen LogP contribution >= 0.6 is 11.8 Å². The van der Waals surface area contributed by atoms with Gasteiger partial charge in [-0.2, -0.15) is 0 Å². The number of hydrogen-bond acceptors (Lipinski definition) is 6. The molecule has 1 aliphatic rings. The maximum Gasteiger partial charge on any atom is 0.291 e. The fourth-order valence-electron chi connectivity index (χ4n) is 2.38. The highest BCUT2D eigenvalue weighted by Gasteiger charge is 2.32. The number of ether oxygens (including phenoxy) is 1. The Morgan fingerprint density at radius 2 is 2.15 bits per heavy atom. The smallest absolute Gasteiger partial charge is 0.291 e. The molecule has 3 N–H and O–H groups in total. The Morgan fingerprint density at radius 3 is 2.69 bits per heavy atom. The third-order valence-corrected chi connectivity index (χ3v) is 5.90. The number of nitrogens with two attached hydrogens (primary N) is 1. The molecule has 1 heterocycles. The number of nitrogens with zero attached hydrogens (tertiary/aromatic N) is 1. The Hall–Kier alpha value is -1.70. The molecule has 1 aromatic heterocycles. The van der Waals surface area contributed by atoms with Gasteiger partial charge < -0.3 is 20.3 Å². The van der Waals surface area contributed by atoms with Crippen LogP contribution < -0.4 is 15.8 Å². The lowest BCUT2D eigenvalue weighted by molar-refractivity contribution is -0.127. The van der Waals surface area contributed by atoms with Gasteiger partial charge in [-0.25, -0.2) is 0 Å². The average Bonchev–Trinajstić information content (AvgIpc) is 2.91. The fourth-order valence-corrected chi connectivity index (χ4v) is 3.71. The molecule has 0 saturated heterocycles. The van der Waals surface area contributed by atoms with E-state index in [4.69, 9.17) is 15.0 Å². The van der Waals surface area contributed by atoms with E-state index in [0.29, 0.717) is 10.1 Å². The van der Waals surface area contributed by atoms with Crippen LogP contribution in [0.4, 0.5) is 0 Å². The molecule has 1 aromatic rings. The molecule has 0 spiro atoms. The summed E-state index contributed by atoms with van der Waals surface area (Å²) in [6.45, 7) is 7.51. The van der Waals surface area contributed by atoms with Crippen molar-refractivity contribution in [1.29, 1.82) is 0 Å². The van der Waals surface area contributed by atoms with Crippen LogP contribution in [0.15, 0.2) is 9.42 Å². The lowest BCUT2D eigenvalue weighted by Gasteiger charge is -2.25. The molecule has 1 atom stereocenters. The van der Waals surface area contributed by atoms with Crippen molar-refractivity contribution in [1.82, 2.24) is 10.5 Å². The van der Waals surface area contributed by atoms with Crippen molar-refractivity contribution in [2.75, 3.05) is 6.61 Å². The molecular weight excluding hydrogens is 354 g/mol. The van der Waals surface area contributed by atoms with Gasteiger partial charge in [-0.05, 0) is 45.2 Å². The van der Waals surface area contributed by atoms with Crippen molar-refractivity contribution in [2.45, 2.75) is 76.0 Å². The molecule has 0 bridgehead atoms. The van der Waals surface area contributed by atoms with E-state index in [1.54, 1.807) is 25.6 Å². The fraction of sp³-hybridized carbons (Fsp3) is 0.722. The predicted molar refractivity (Wildman–Crippen MR) is 100 cm³/mol. The molecule has 2 rings (SSSR count). The summed E-state index contributed by atoms with van der Waals surface area (Å²) in [5.74, 6) is -0.314. The Balaban J connectivity index is 2.15. The summed E-state index contributed by atoms with van der Waals surface area (Å²) in [6, 6.07) is 0.0531. The van der Waals surface area contributed by atoms with Gasteiger partial charge in [-0.3, -0.25) is 9.59 Å². The van der Waals surface area contributed by atoms with Crippen LogP contribution in [0.3, 0.4) is 0 Å². The first-order valence-electron chi connectivity index (χ1n) is 9.14. The zero-order valence-corrected chi connectivity index (χ0v) is 16.8. The van der Waals surface area contributed by atoms with Gasteiger partial charge in [0.2, 0.25) is 11.7 Å². The largest absolute Gasteiger partial charge is 0.474 e. The van der Waals surface area contributed by atoms with Crippen LogP contribution in [-0.2, 0) is 4.79 Å². The Kier molecular flexibility index (Phi) is 6.97. The summed E-state index contributed by atoms with van der Waals surface area (Å²) in [7, 11) is 0. The summed E-state index contributed by atoms with van der Waals surface area (Å²) >= 11 is 1.56. The van der Waals surface area contributed by atoms with Crippen molar-refractivity contribution >= 4 is 23.6 Å². The summed E-state index contributed by atoms with van der Waals surface area (Å²) in [6.07, 6.45) is 5.24. The predicted octanol–water partition coefficient (Wildman–Crippen LogP) is 3.13. The second kappa shape index (κ2) is 8.79. The van der Waals surface area contributed by atoms with Gasteiger partial charge >= 0.3 is 0 Å². The minimum Gasteiger partial charge on any atom is -0.474 e. The first-order chi connectivity index (χ1) is 12.2. The van der Waals surface area contributed by atoms with E-state index >= 15 is 0 Å². The quantitative estimate of drug-likeness (QED) is 0.643. The van der Waals surface area contributed by atoms with E-state index in [-0.39, 0.29) is 30.2 Å². The molecule has 146 valence electrons. The normalized spacial score (nSPS) is 16.0. The molecule has 0 radical (unpaired) electrons. The van der Waals surface area contributed by atoms with Gasteiger partial charge in [-0.15, -0.1) is 11.8 Å². The van der Waals surface area contributed by atoms with Gasteiger partial charge in [0.05, 0.1) is 5.41 Å². The summed E-state index contributed by atoms with van der Waals surface area (Å²) < 4.78 is 11.0. The Morgan fingerprint density at radius 1 is 1.46 bits per heavy atom. The molecule has 0 unspecified atom stereocenters. The van der Waals surface area contributed by atoms with E-state index in [0.717, 1.165) is 25.7 Å². The molecule has 2 amide bonds. The van der Waals surface area contributed by atoms with Crippen molar-refractivity contribution in [3.05, 3.63) is 5.76 Å². The number of rotatable bonds is 10. The summed E-state index contributed by atoms with van der Waals surface area (Å²) in [5, 5.41) is 7.30. The number of carbonyl (C=O) groups is 2. The Bertz CT molecular complexity index is 640. The maximum absolute atomic E-state index is 12.6. The minimum absolute atomic E-state index is 0.0531. The minimum atomic E-state index is -0.838. The highest BCUT2D eigenvalue weighted by molar-refractivity contribution is 8.00. The average molecular weight is 384 g/mol. The molecular formula is C18H29N3O4S. The zero-order valence-electron chi connectivity index (χ0n) is 16.0. The maximum atomic E-state index is 12.6. The molecule has 7 nitrogen and oxygen atoms in total. The Labute approximate surface area is 158 Å². The zero-order chi connectivity index (χ0) is 19.3. The van der Waals surface area contributed by atoms with Crippen molar-refractivity contribution in [3.8, 4) is 5.88 Å². The van der Waals surface area contributed by atoms with E-state index in [9.17, 15) is 9.59 Å². The van der Waals surface area contributed by atoms with Gasteiger partial charge in [0.15, 0.2) is 0 Å². The first kappa shape index (κ1) is 20.6. The van der Waals surface area contributed by atoms with Gasteiger partial charge in [0, 0.05) is 11.3 Å². The van der Waals surface area contributed by atoms with Gasteiger partial charge in [0.1, 0.15) is 11.5 Å². The van der Waals surface area contributed by atoms with Crippen LogP contribution in [-0.4, -0.2) is 34.9 Å². The van der Waals surface area contributed by atoms with Crippen molar-refractivity contribution in [2.24, 2.45) is 11.1 Å². The van der Waals surface area contributed by atoms with Crippen molar-refractivity contribution < 1.29 is 18.8 Å². The van der Waals surface area contributed by atoms with Crippen LogP contribution in [0.2, 0.25) is 0 Å². The lowest BCUT2D eigenvalue weighted by Crippen LogP contribution is -2.36. The number of carbonyl (C=O) groups excluding carboxylic acids is 2. The van der Waals surface area contributed by atoms with E-state index in [1.165, 1.54) is 6.42 Å². The SMILES string of the molecule is CCC[C@@H](C)NC(=O)c1onc(OCC(C)(C)C(N)=O)c1SC1CCC1. The highest BCUT2D eigenvalue weighted by Crippen LogP contribution is 2.42. The van der Waals surface area contributed by atoms with Crippen LogP contribution in [0, 0.1) is 5.41 Å². The van der Waals surface area contributed by atoms with Crippen LogP contribution in [0.25, 0.3) is 0 Å². The highest BCUT2D eigenvalue weighted by atomic mass is 32.2. The topological polar surface area (TPSA) is 107 Å².